The van der Waals surface area contributed by atoms with Crippen LogP contribution in [0.5, 0.6) is 11.6 Å². The number of hydrogen-bond acceptors (Lipinski definition) is 5. The van der Waals surface area contributed by atoms with Gasteiger partial charge in [-0.2, -0.15) is 8.78 Å². The fourth-order valence-electron chi connectivity index (χ4n) is 3.15. The average Bonchev–Trinajstić information content (AvgIpc) is 3.23. The molecule has 1 aromatic heterocycles. The Labute approximate surface area is 194 Å². The van der Waals surface area contributed by atoms with Gasteiger partial charge in [0.2, 0.25) is 5.88 Å². The van der Waals surface area contributed by atoms with E-state index in [0.717, 1.165) is 18.3 Å². The molecular formula is C20H17Cl2F5N2O4. The molecule has 1 aliphatic heterocycles. The summed E-state index contributed by atoms with van der Waals surface area (Å²) in [6.07, 6.45) is -2.05. The third-order valence-corrected chi connectivity index (χ3v) is 5.51. The van der Waals surface area contributed by atoms with E-state index in [1.807, 2.05) is 0 Å². The molecule has 0 spiro atoms. The molecule has 0 amide bonds. The van der Waals surface area contributed by atoms with Crippen molar-refractivity contribution >= 4 is 29.2 Å². The van der Waals surface area contributed by atoms with Gasteiger partial charge in [0, 0.05) is 28.3 Å². The molecule has 3 rings (SSSR count). The minimum absolute atomic E-state index is 0.0651. The van der Waals surface area contributed by atoms with Crippen LogP contribution in [0.3, 0.4) is 0 Å². The molecule has 180 valence electrons. The van der Waals surface area contributed by atoms with Crippen molar-refractivity contribution in [2.24, 2.45) is 0 Å². The number of halogens is 7. The van der Waals surface area contributed by atoms with Crippen LogP contribution in [0, 0.1) is 5.82 Å². The summed E-state index contributed by atoms with van der Waals surface area (Å²) >= 11 is 12.1. The van der Waals surface area contributed by atoms with E-state index in [1.165, 1.54) is 6.07 Å². The normalized spacial score (nSPS) is 18.5. The van der Waals surface area contributed by atoms with Crippen LogP contribution in [0.15, 0.2) is 24.4 Å². The van der Waals surface area contributed by atoms with Gasteiger partial charge >= 0.3 is 18.3 Å². The van der Waals surface area contributed by atoms with Gasteiger partial charge in [-0.05, 0) is 25.0 Å². The van der Waals surface area contributed by atoms with Crippen LogP contribution in [0.25, 0.3) is 0 Å². The number of aromatic nitrogens is 1. The topological polar surface area (TPSA) is 80.7 Å². The molecule has 2 unspecified atom stereocenters. The first-order chi connectivity index (χ1) is 15.5. The van der Waals surface area contributed by atoms with Crippen LogP contribution in [-0.4, -0.2) is 41.1 Å². The SMILES string of the molecule is O=C(O)C1CCC(c2cc(Cl)c(COc3cnc(OCC(F)(F)C(F)F)c(Cl)c3)cc2F)N1. The third kappa shape index (κ3) is 6.15. The Hall–Kier alpha value is -2.37. The van der Waals surface area contributed by atoms with Crippen LogP contribution >= 0.6 is 23.2 Å². The van der Waals surface area contributed by atoms with Gasteiger partial charge in [-0.3, -0.25) is 10.1 Å². The Balaban J connectivity index is 1.63. The van der Waals surface area contributed by atoms with Crippen LogP contribution in [0.2, 0.25) is 10.0 Å². The van der Waals surface area contributed by atoms with E-state index < -0.39 is 48.7 Å². The van der Waals surface area contributed by atoms with Crippen molar-refractivity contribution in [2.75, 3.05) is 6.61 Å². The first-order valence-corrected chi connectivity index (χ1v) is 10.3. The number of aliphatic carboxylic acids is 1. The monoisotopic (exact) mass is 514 g/mol. The molecule has 0 radical (unpaired) electrons. The molecule has 1 fully saturated rings. The molecule has 1 aliphatic rings. The van der Waals surface area contributed by atoms with Crippen molar-refractivity contribution < 1.29 is 41.3 Å². The second-order valence-corrected chi connectivity index (χ2v) is 8.06. The Kier molecular flexibility index (Phi) is 7.86. The summed E-state index contributed by atoms with van der Waals surface area (Å²) in [6.45, 7) is -1.81. The van der Waals surface area contributed by atoms with Crippen LogP contribution < -0.4 is 14.8 Å². The number of hydrogen-bond donors (Lipinski definition) is 2. The number of carbonyl (C=O) groups is 1. The summed E-state index contributed by atoms with van der Waals surface area (Å²) in [6, 6.07) is 2.46. The first kappa shape index (κ1) is 25.3. The Morgan fingerprint density at radius 3 is 2.55 bits per heavy atom. The van der Waals surface area contributed by atoms with Gasteiger partial charge in [-0.15, -0.1) is 0 Å². The Morgan fingerprint density at radius 1 is 1.21 bits per heavy atom. The highest BCUT2D eigenvalue weighted by molar-refractivity contribution is 6.32. The summed E-state index contributed by atoms with van der Waals surface area (Å²) in [5.41, 5.74) is 0.512. The zero-order valence-electron chi connectivity index (χ0n) is 16.6. The second-order valence-electron chi connectivity index (χ2n) is 7.25. The van der Waals surface area contributed by atoms with Crippen molar-refractivity contribution in [1.82, 2.24) is 10.3 Å². The standard InChI is InChI=1S/C20H17Cl2F5N2O4/c21-12-5-11(15-1-2-16(29-15)18(30)31)14(23)3-9(12)7-32-10-4-13(22)17(28-6-10)33-8-20(26,27)19(24)25/h3-6,15-16,19,29H,1-2,7-8H2,(H,30,31). The summed E-state index contributed by atoms with van der Waals surface area (Å²) < 4.78 is 74.9. The van der Waals surface area contributed by atoms with Crippen molar-refractivity contribution in [3.05, 3.63) is 51.4 Å². The molecule has 2 aromatic rings. The van der Waals surface area contributed by atoms with Crippen molar-refractivity contribution in [3.63, 3.8) is 0 Å². The van der Waals surface area contributed by atoms with Crippen molar-refractivity contribution in [3.8, 4) is 11.6 Å². The lowest BCUT2D eigenvalue weighted by Crippen LogP contribution is -2.33. The molecular weight excluding hydrogens is 498 g/mol. The van der Waals surface area contributed by atoms with Gasteiger partial charge in [0.15, 0.2) is 6.61 Å². The number of pyridine rings is 1. The van der Waals surface area contributed by atoms with E-state index >= 15 is 0 Å². The molecule has 0 bridgehead atoms. The van der Waals surface area contributed by atoms with Crippen LogP contribution in [0.1, 0.15) is 30.0 Å². The number of rotatable bonds is 9. The number of alkyl halides is 4. The molecule has 2 atom stereocenters. The van der Waals surface area contributed by atoms with Gasteiger partial charge in [0.05, 0.1) is 6.20 Å². The number of carboxylic acid groups (broad SMARTS) is 1. The quantitative estimate of drug-likeness (QED) is 0.444. The minimum Gasteiger partial charge on any atom is -0.487 e. The van der Waals surface area contributed by atoms with Crippen LogP contribution in [0.4, 0.5) is 22.0 Å². The summed E-state index contributed by atoms with van der Waals surface area (Å²) in [5.74, 6) is -6.39. The number of benzene rings is 1. The van der Waals surface area contributed by atoms with Crippen molar-refractivity contribution in [1.29, 1.82) is 0 Å². The zero-order chi connectivity index (χ0) is 24.3. The largest absolute Gasteiger partial charge is 0.487 e. The van der Waals surface area contributed by atoms with Crippen LogP contribution in [-0.2, 0) is 11.4 Å². The fourth-order valence-corrected chi connectivity index (χ4v) is 3.58. The lowest BCUT2D eigenvalue weighted by Gasteiger charge is -2.17. The molecule has 1 saturated heterocycles. The van der Waals surface area contributed by atoms with Gasteiger partial charge < -0.3 is 14.6 Å². The highest BCUT2D eigenvalue weighted by atomic mass is 35.5. The average molecular weight is 515 g/mol. The van der Waals surface area contributed by atoms with E-state index in [2.05, 4.69) is 15.0 Å². The van der Waals surface area contributed by atoms with Gasteiger partial charge in [-0.1, -0.05) is 23.2 Å². The highest BCUT2D eigenvalue weighted by Crippen LogP contribution is 2.33. The van der Waals surface area contributed by atoms with E-state index in [-0.39, 0.29) is 33.5 Å². The van der Waals surface area contributed by atoms with Gasteiger partial charge in [0.1, 0.15) is 29.2 Å². The molecule has 2 N–H and O–H groups in total. The summed E-state index contributed by atoms with van der Waals surface area (Å²) in [4.78, 5) is 14.7. The number of nitrogens with zero attached hydrogens (tertiary/aromatic N) is 1. The molecule has 13 heteroatoms. The number of ether oxygens (including phenoxy) is 2. The summed E-state index contributed by atoms with van der Waals surface area (Å²) in [7, 11) is 0. The highest BCUT2D eigenvalue weighted by Gasteiger charge is 2.42. The molecule has 0 saturated carbocycles. The molecule has 33 heavy (non-hydrogen) atoms. The number of nitrogens with one attached hydrogen (secondary N) is 1. The van der Waals surface area contributed by atoms with E-state index in [1.54, 1.807) is 0 Å². The maximum atomic E-state index is 14.6. The third-order valence-electron chi connectivity index (χ3n) is 4.88. The molecule has 2 heterocycles. The summed E-state index contributed by atoms with van der Waals surface area (Å²) in [5, 5.41) is 11.8. The lowest BCUT2D eigenvalue weighted by molar-refractivity contribution is -0.148. The lowest BCUT2D eigenvalue weighted by atomic mass is 10.0. The Bertz CT molecular complexity index is 1030. The smallest absolute Gasteiger partial charge is 0.340 e. The van der Waals surface area contributed by atoms with E-state index in [4.69, 9.17) is 33.0 Å². The zero-order valence-corrected chi connectivity index (χ0v) is 18.1. The van der Waals surface area contributed by atoms with E-state index in [9.17, 15) is 26.7 Å². The molecule has 0 aliphatic carbocycles. The fraction of sp³-hybridized carbons (Fsp3) is 0.400. The molecule has 1 aromatic carbocycles. The van der Waals surface area contributed by atoms with Gasteiger partial charge in [0.25, 0.3) is 0 Å². The minimum atomic E-state index is -4.37. The maximum absolute atomic E-state index is 14.6. The maximum Gasteiger partial charge on any atom is 0.340 e. The predicted octanol–water partition coefficient (Wildman–Crippen LogP) is 5.26. The van der Waals surface area contributed by atoms with Crippen molar-refractivity contribution in [2.45, 2.75) is 43.9 Å². The predicted molar refractivity (Wildman–Crippen MR) is 108 cm³/mol. The van der Waals surface area contributed by atoms with E-state index in [0.29, 0.717) is 12.8 Å². The number of carboxylic acids is 1. The van der Waals surface area contributed by atoms with Gasteiger partial charge in [-0.25, -0.2) is 18.2 Å². The Morgan fingerprint density at radius 2 is 1.94 bits per heavy atom. The first-order valence-electron chi connectivity index (χ1n) is 9.51. The molecule has 6 nitrogen and oxygen atoms in total. The second kappa shape index (κ2) is 10.3.